The highest BCUT2D eigenvalue weighted by Crippen LogP contribution is 2.22. The van der Waals surface area contributed by atoms with Crippen LogP contribution in [0, 0.1) is 13.8 Å². The van der Waals surface area contributed by atoms with E-state index in [1.54, 1.807) is 0 Å². The summed E-state index contributed by atoms with van der Waals surface area (Å²) in [6.45, 7) is 7.06. The van der Waals surface area contributed by atoms with Crippen LogP contribution in [0.25, 0.3) is 0 Å². The van der Waals surface area contributed by atoms with E-state index in [1.165, 1.54) is 16.7 Å². The van der Waals surface area contributed by atoms with Crippen molar-refractivity contribution in [2.45, 2.75) is 20.4 Å². The van der Waals surface area contributed by atoms with Crippen molar-refractivity contribution in [2.75, 3.05) is 29.9 Å². The zero-order valence-electron chi connectivity index (χ0n) is 13.7. The van der Waals surface area contributed by atoms with E-state index in [9.17, 15) is 4.79 Å². The van der Waals surface area contributed by atoms with Gasteiger partial charge in [0.1, 0.15) is 0 Å². The summed E-state index contributed by atoms with van der Waals surface area (Å²) in [6, 6.07) is 14.3. The summed E-state index contributed by atoms with van der Waals surface area (Å²) in [7, 11) is 0. The van der Waals surface area contributed by atoms with Gasteiger partial charge in [0.25, 0.3) is 0 Å². The molecular weight excluding hydrogens is 286 g/mol. The van der Waals surface area contributed by atoms with Crippen LogP contribution in [0.4, 0.5) is 11.4 Å². The number of hydrogen-bond acceptors (Lipinski definition) is 3. The van der Waals surface area contributed by atoms with Crippen molar-refractivity contribution in [3.8, 4) is 0 Å². The van der Waals surface area contributed by atoms with Gasteiger partial charge in [0.15, 0.2) is 0 Å². The summed E-state index contributed by atoms with van der Waals surface area (Å²) in [5, 5.41) is 6.40. The fourth-order valence-corrected chi connectivity index (χ4v) is 2.88. The van der Waals surface area contributed by atoms with Crippen LogP contribution >= 0.6 is 0 Å². The third kappa shape index (κ3) is 3.71. The van der Waals surface area contributed by atoms with Crippen molar-refractivity contribution in [2.24, 2.45) is 0 Å². The van der Waals surface area contributed by atoms with Crippen LogP contribution in [0.1, 0.15) is 16.7 Å². The van der Waals surface area contributed by atoms with E-state index in [0.29, 0.717) is 6.54 Å². The molecule has 0 radical (unpaired) electrons. The predicted octanol–water partition coefficient (Wildman–Crippen LogP) is 2.85. The van der Waals surface area contributed by atoms with Crippen LogP contribution in [-0.4, -0.2) is 25.5 Å². The van der Waals surface area contributed by atoms with Gasteiger partial charge >= 0.3 is 0 Å². The summed E-state index contributed by atoms with van der Waals surface area (Å²) in [4.78, 5) is 14.6. The molecule has 0 bridgehead atoms. The molecular formula is C19H23N3O. The van der Waals surface area contributed by atoms with E-state index in [4.69, 9.17) is 0 Å². The molecule has 0 atom stereocenters. The third-order valence-corrected chi connectivity index (χ3v) is 4.33. The third-order valence-electron chi connectivity index (χ3n) is 4.33. The van der Waals surface area contributed by atoms with Crippen molar-refractivity contribution in [3.05, 3.63) is 59.2 Å². The van der Waals surface area contributed by atoms with Crippen molar-refractivity contribution in [3.63, 3.8) is 0 Å². The number of anilines is 2. The minimum atomic E-state index is 0.0185. The Bertz CT molecular complexity index is 712. The van der Waals surface area contributed by atoms with Crippen LogP contribution in [0.15, 0.2) is 42.5 Å². The topological polar surface area (TPSA) is 44.4 Å². The molecule has 4 heteroatoms. The summed E-state index contributed by atoms with van der Waals surface area (Å²) < 4.78 is 0. The van der Waals surface area contributed by atoms with Crippen LogP contribution in [-0.2, 0) is 11.3 Å². The number of fused-ring (bicyclic) bond motifs is 1. The van der Waals surface area contributed by atoms with E-state index >= 15 is 0 Å². The molecule has 3 rings (SSSR count). The smallest absolute Gasteiger partial charge is 0.243 e. The first kappa shape index (κ1) is 15.6. The zero-order valence-corrected chi connectivity index (χ0v) is 13.7. The molecule has 0 spiro atoms. The highest BCUT2D eigenvalue weighted by molar-refractivity contribution is 5.94. The van der Waals surface area contributed by atoms with Gasteiger partial charge in [-0.3, -0.25) is 4.79 Å². The van der Waals surface area contributed by atoms with Gasteiger partial charge in [0.05, 0.1) is 6.54 Å². The molecule has 0 saturated heterocycles. The molecule has 0 fully saturated rings. The Morgan fingerprint density at radius 2 is 2.00 bits per heavy atom. The minimum Gasteiger partial charge on any atom is -0.361 e. The Balaban J connectivity index is 1.71. The molecule has 0 aromatic heterocycles. The molecule has 1 aliphatic heterocycles. The largest absolute Gasteiger partial charge is 0.361 e. The number of nitrogens with zero attached hydrogens (tertiary/aromatic N) is 1. The maximum absolute atomic E-state index is 12.4. The average Bonchev–Trinajstić information content (AvgIpc) is 2.74. The number of rotatable bonds is 3. The lowest BCUT2D eigenvalue weighted by atomic mass is 10.1. The van der Waals surface area contributed by atoms with Gasteiger partial charge in [0, 0.05) is 31.0 Å². The molecule has 120 valence electrons. The van der Waals surface area contributed by atoms with Gasteiger partial charge in [-0.1, -0.05) is 24.3 Å². The predicted molar refractivity (Wildman–Crippen MR) is 94.9 cm³/mol. The molecule has 2 aromatic carbocycles. The second kappa shape index (κ2) is 6.84. The van der Waals surface area contributed by atoms with E-state index < -0.39 is 0 Å². The molecule has 2 aromatic rings. The summed E-state index contributed by atoms with van der Waals surface area (Å²) in [5.74, 6) is 0.0185. The van der Waals surface area contributed by atoms with Crippen molar-refractivity contribution in [1.82, 2.24) is 5.32 Å². The number of aryl methyl sites for hydroxylation is 2. The molecule has 2 N–H and O–H groups in total. The zero-order chi connectivity index (χ0) is 16.2. The molecule has 0 unspecified atom stereocenters. The number of amides is 1. The first-order chi connectivity index (χ1) is 11.1. The molecule has 4 nitrogen and oxygen atoms in total. The average molecular weight is 309 g/mol. The quantitative estimate of drug-likeness (QED) is 0.916. The molecule has 0 saturated carbocycles. The highest BCUT2D eigenvalue weighted by atomic mass is 16.2. The number of carbonyl (C=O) groups is 1. The summed E-state index contributed by atoms with van der Waals surface area (Å²) >= 11 is 0. The van der Waals surface area contributed by atoms with Crippen LogP contribution in [0.5, 0.6) is 0 Å². The highest BCUT2D eigenvalue weighted by Gasteiger charge is 2.17. The Kier molecular flexibility index (Phi) is 4.63. The van der Waals surface area contributed by atoms with Gasteiger partial charge < -0.3 is 15.5 Å². The monoisotopic (exact) mass is 309 g/mol. The second-order valence-corrected chi connectivity index (χ2v) is 6.07. The number of benzene rings is 2. The number of carbonyl (C=O) groups excluding carboxylic acids is 1. The van der Waals surface area contributed by atoms with E-state index in [2.05, 4.69) is 41.5 Å². The molecule has 1 heterocycles. The maximum Gasteiger partial charge on any atom is 0.243 e. The Morgan fingerprint density at radius 1 is 1.17 bits per heavy atom. The molecule has 1 amide bonds. The second-order valence-electron chi connectivity index (χ2n) is 6.07. The number of para-hydroxylation sites is 1. The molecule has 23 heavy (non-hydrogen) atoms. The summed E-state index contributed by atoms with van der Waals surface area (Å²) in [6.07, 6.45) is 0. The van der Waals surface area contributed by atoms with Gasteiger partial charge in [-0.25, -0.2) is 0 Å². The Hall–Kier alpha value is -2.33. The normalized spacial score (nSPS) is 14.1. The standard InChI is InChI=1S/C19H23N3O/c1-14-7-8-17(11-15(14)2)21-19(23)13-22-10-9-20-12-16-5-3-4-6-18(16)22/h3-8,11,20H,9-10,12-13H2,1-2H3,(H,21,23). The van der Waals surface area contributed by atoms with Gasteiger partial charge in [-0.05, 0) is 48.7 Å². The van der Waals surface area contributed by atoms with E-state index in [-0.39, 0.29) is 5.91 Å². The van der Waals surface area contributed by atoms with Crippen molar-refractivity contribution in [1.29, 1.82) is 0 Å². The molecule has 1 aliphatic rings. The Morgan fingerprint density at radius 3 is 2.83 bits per heavy atom. The lowest BCUT2D eigenvalue weighted by molar-refractivity contribution is -0.115. The van der Waals surface area contributed by atoms with Crippen LogP contribution < -0.4 is 15.5 Å². The number of hydrogen-bond donors (Lipinski definition) is 2. The van der Waals surface area contributed by atoms with Crippen molar-refractivity contribution < 1.29 is 4.79 Å². The van der Waals surface area contributed by atoms with E-state index in [0.717, 1.165) is 31.0 Å². The first-order valence-corrected chi connectivity index (χ1v) is 8.04. The van der Waals surface area contributed by atoms with Gasteiger partial charge in [-0.2, -0.15) is 0 Å². The van der Waals surface area contributed by atoms with Crippen LogP contribution in [0.2, 0.25) is 0 Å². The van der Waals surface area contributed by atoms with Gasteiger partial charge in [-0.15, -0.1) is 0 Å². The molecule has 0 aliphatic carbocycles. The lowest BCUT2D eigenvalue weighted by Crippen LogP contribution is -2.36. The Labute approximate surface area is 137 Å². The minimum absolute atomic E-state index is 0.0185. The first-order valence-electron chi connectivity index (χ1n) is 8.04. The van der Waals surface area contributed by atoms with Crippen molar-refractivity contribution >= 4 is 17.3 Å². The SMILES string of the molecule is Cc1ccc(NC(=O)CN2CCNCc3ccccc32)cc1C. The van der Waals surface area contributed by atoms with Crippen LogP contribution in [0.3, 0.4) is 0 Å². The van der Waals surface area contributed by atoms with E-state index in [1.807, 2.05) is 30.3 Å². The fourth-order valence-electron chi connectivity index (χ4n) is 2.88. The van der Waals surface area contributed by atoms with Gasteiger partial charge in [0.2, 0.25) is 5.91 Å². The number of nitrogens with one attached hydrogen (secondary N) is 2. The lowest BCUT2D eigenvalue weighted by Gasteiger charge is -2.24. The maximum atomic E-state index is 12.4. The summed E-state index contributed by atoms with van der Waals surface area (Å²) in [5.41, 5.74) is 5.67. The fraction of sp³-hybridized carbons (Fsp3) is 0.316.